The van der Waals surface area contributed by atoms with E-state index in [1.54, 1.807) is 24.3 Å². The fourth-order valence-corrected chi connectivity index (χ4v) is 4.81. The quantitative estimate of drug-likeness (QED) is 0.300. The van der Waals surface area contributed by atoms with Crippen LogP contribution in [0.4, 0.5) is 4.39 Å². The van der Waals surface area contributed by atoms with Gasteiger partial charge in [0, 0.05) is 6.54 Å². The minimum atomic E-state index is -0.436. The molecule has 0 aliphatic carbocycles. The lowest BCUT2D eigenvalue weighted by atomic mass is 10.2. The molecule has 0 fully saturated rings. The summed E-state index contributed by atoms with van der Waals surface area (Å²) in [6, 6.07) is 18.2. The van der Waals surface area contributed by atoms with E-state index in [0.717, 1.165) is 21.6 Å². The zero-order valence-corrected chi connectivity index (χ0v) is 19.1. The highest BCUT2D eigenvalue weighted by molar-refractivity contribution is 7.99. The van der Waals surface area contributed by atoms with Crippen LogP contribution in [-0.4, -0.2) is 24.1 Å². The van der Waals surface area contributed by atoms with Gasteiger partial charge in [-0.15, -0.1) is 16.8 Å². The van der Waals surface area contributed by atoms with Crippen molar-refractivity contribution >= 4 is 28.4 Å². The molecule has 0 saturated heterocycles. The molecule has 168 valence electrons. The molecule has 0 atom stereocenters. The third kappa shape index (κ3) is 3.78. The van der Waals surface area contributed by atoms with Crippen LogP contribution in [0.3, 0.4) is 0 Å². The number of rotatable bonds is 7. The second-order valence-corrected chi connectivity index (χ2v) is 8.52. The molecule has 0 bridgehead atoms. The molecule has 5 rings (SSSR count). The topological polar surface area (TPSA) is 81.0 Å². The second kappa shape index (κ2) is 9.00. The largest absolute Gasteiger partial charge is 0.483 e. The maximum Gasteiger partial charge on any atom is 0.197 e. The van der Waals surface area contributed by atoms with E-state index in [4.69, 9.17) is 9.72 Å². The number of nitriles is 1. The number of hydrogen-bond acceptors (Lipinski definition) is 6. The molecule has 34 heavy (non-hydrogen) atoms. The number of imidazole rings is 1. The van der Waals surface area contributed by atoms with E-state index in [0.29, 0.717) is 28.7 Å². The zero-order valence-electron chi connectivity index (χ0n) is 18.3. The summed E-state index contributed by atoms with van der Waals surface area (Å²) in [5, 5.41) is 19.8. The van der Waals surface area contributed by atoms with Crippen LogP contribution in [0.1, 0.15) is 17.0 Å². The van der Waals surface area contributed by atoms with E-state index < -0.39 is 5.82 Å². The summed E-state index contributed by atoms with van der Waals surface area (Å²) in [5.74, 6) is 0.260. The van der Waals surface area contributed by atoms with Crippen molar-refractivity contribution in [2.45, 2.75) is 30.3 Å². The molecule has 3 heterocycles. The van der Waals surface area contributed by atoms with E-state index in [9.17, 15) is 9.65 Å². The third-order valence-electron chi connectivity index (χ3n) is 5.35. The number of pyridine rings is 1. The van der Waals surface area contributed by atoms with E-state index >= 15 is 0 Å². The fraction of sp³-hybridized carbons (Fsp3) is 0.120. The first kappa shape index (κ1) is 21.7. The van der Waals surface area contributed by atoms with Crippen molar-refractivity contribution < 1.29 is 9.13 Å². The number of ether oxygens (including phenoxy) is 1. The van der Waals surface area contributed by atoms with Gasteiger partial charge in [0.1, 0.15) is 12.7 Å². The van der Waals surface area contributed by atoms with Crippen molar-refractivity contribution in [3.63, 3.8) is 0 Å². The lowest BCUT2D eigenvalue weighted by Gasteiger charge is -2.11. The van der Waals surface area contributed by atoms with Gasteiger partial charge in [-0.1, -0.05) is 30.3 Å². The van der Waals surface area contributed by atoms with Gasteiger partial charge in [0.2, 0.25) is 0 Å². The van der Waals surface area contributed by atoms with E-state index in [1.807, 2.05) is 46.2 Å². The van der Waals surface area contributed by atoms with Crippen molar-refractivity contribution in [3.05, 3.63) is 90.0 Å². The van der Waals surface area contributed by atoms with Crippen LogP contribution < -0.4 is 4.74 Å². The third-order valence-corrected chi connectivity index (χ3v) is 6.34. The Morgan fingerprint density at radius 3 is 2.76 bits per heavy atom. The van der Waals surface area contributed by atoms with Gasteiger partial charge >= 0.3 is 0 Å². The fourth-order valence-electron chi connectivity index (χ4n) is 3.74. The Bertz CT molecular complexity index is 1580. The van der Waals surface area contributed by atoms with Crippen LogP contribution in [-0.2, 0) is 13.2 Å². The lowest BCUT2D eigenvalue weighted by Crippen LogP contribution is -2.08. The van der Waals surface area contributed by atoms with Gasteiger partial charge in [-0.05, 0) is 54.6 Å². The zero-order chi connectivity index (χ0) is 23.7. The highest BCUT2D eigenvalue weighted by Gasteiger charge is 2.19. The summed E-state index contributed by atoms with van der Waals surface area (Å²) in [4.78, 5) is 4.70. The summed E-state index contributed by atoms with van der Waals surface area (Å²) in [6.45, 7) is 6.24. The molecule has 3 aromatic heterocycles. The maximum atomic E-state index is 14.0. The molecule has 0 N–H and O–H groups in total. The van der Waals surface area contributed by atoms with Gasteiger partial charge < -0.3 is 4.74 Å². The first-order valence-electron chi connectivity index (χ1n) is 10.5. The van der Waals surface area contributed by atoms with Crippen LogP contribution >= 0.6 is 11.8 Å². The van der Waals surface area contributed by atoms with E-state index in [-0.39, 0.29) is 12.4 Å². The normalized spacial score (nSPS) is 11.1. The number of halogens is 1. The Hall–Kier alpha value is -4.16. The predicted molar refractivity (Wildman–Crippen MR) is 127 cm³/mol. The second-order valence-electron chi connectivity index (χ2n) is 7.53. The summed E-state index contributed by atoms with van der Waals surface area (Å²) in [6.07, 6.45) is 1.74. The lowest BCUT2D eigenvalue weighted by molar-refractivity contribution is 0.275. The molecule has 0 unspecified atom stereocenters. The van der Waals surface area contributed by atoms with Crippen molar-refractivity contribution in [1.29, 1.82) is 5.26 Å². The summed E-state index contributed by atoms with van der Waals surface area (Å²) >= 11 is 1.41. The van der Waals surface area contributed by atoms with E-state index in [2.05, 4.69) is 22.8 Å². The van der Waals surface area contributed by atoms with Gasteiger partial charge in [-0.25, -0.2) is 9.37 Å². The molecular formula is C25H19FN6OS. The molecule has 5 aromatic rings. The Kier molecular flexibility index (Phi) is 5.74. The monoisotopic (exact) mass is 470 g/mol. The SMILES string of the molecule is C=CCn1c(COc2ccccc2F)nnc1Sc1cc(C)c(C#N)c2nc3ccccc3n12. The van der Waals surface area contributed by atoms with Gasteiger partial charge in [-0.2, -0.15) is 5.26 Å². The van der Waals surface area contributed by atoms with Crippen LogP contribution in [0.25, 0.3) is 16.7 Å². The van der Waals surface area contributed by atoms with Crippen molar-refractivity contribution in [2.75, 3.05) is 0 Å². The van der Waals surface area contributed by atoms with Crippen molar-refractivity contribution in [3.8, 4) is 11.8 Å². The molecular weight excluding hydrogens is 451 g/mol. The number of fused-ring (bicyclic) bond motifs is 3. The van der Waals surface area contributed by atoms with Gasteiger partial charge in [0.25, 0.3) is 0 Å². The highest BCUT2D eigenvalue weighted by atomic mass is 32.2. The maximum absolute atomic E-state index is 14.0. The number of nitrogens with zero attached hydrogens (tertiary/aromatic N) is 6. The summed E-state index contributed by atoms with van der Waals surface area (Å²) in [5.41, 5.74) is 3.66. The Morgan fingerprint density at radius 2 is 1.97 bits per heavy atom. The minimum Gasteiger partial charge on any atom is -0.483 e. The van der Waals surface area contributed by atoms with Crippen LogP contribution in [0.15, 0.2) is 77.4 Å². The average Bonchev–Trinajstić information content (AvgIpc) is 3.40. The molecule has 9 heteroatoms. The van der Waals surface area contributed by atoms with Crippen molar-refractivity contribution in [1.82, 2.24) is 24.1 Å². The first-order valence-corrected chi connectivity index (χ1v) is 11.3. The highest BCUT2D eigenvalue weighted by Crippen LogP contribution is 2.33. The standard InChI is InChI=1S/C25H19FN6OS/c1-3-12-31-22(15-33-21-11-7-4-8-18(21)26)29-30-25(31)34-23-13-16(2)17(14-27)24-28-19-9-5-6-10-20(19)32(23)24/h3-11,13H,1,12,15H2,2H3. The summed E-state index contributed by atoms with van der Waals surface area (Å²) in [7, 11) is 0. The Morgan fingerprint density at radius 1 is 1.18 bits per heavy atom. The van der Waals surface area contributed by atoms with Crippen LogP contribution in [0.2, 0.25) is 0 Å². The predicted octanol–water partition coefficient (Wildman–Crippen LogP) is 5.31. The van der Waals surface area contributed by atoms with Crippen molar-refractivity contribution in [2.24, 2.45) is 0 Å². The first-order chi connectivity index (χ1) is 16.6. The average molecular weight is 471 g/mol. The number of aromatic nitrogens is 5. The van der Waals surface area contributed by atoms with Gasteiger partial charge in [-0.3, -0.25) is 8.97 Å². The Labute approximate surface area is 199 Å². The van der Waals surface area contributed by atoms with E-state index in [1.165, 1.54) is 17.8 Å². The van der Waals surface area contributed by atoms with Crippen LogP contribution in [0, 0.1) is 24.1 Å². The molecule has 0 saturated carbocycles. The summed E-state index contributed by atoms with van der Waals surface area (Å²) < 4.78 is 23.4. The van der Waals surface area contributed by atoms with Gasteiger partial charge in [0.15, 0.2) is 28.2 Å². The Balaban J connectivity index is 1.56. The number of aryl methyl sites for hydroxylation is 1. The number of para-hydroxylation sites is 3. The molecule has 0 amide bonds. The smallest absolute Gasteiger partial charge is 0.197 e. The minimum absolute atomic E-state index is 0.0537. The molecule has 2 aromatic carbocycles. The number of allylic oxidation sites excluding steroid dienone is 1. The molecule has 0 aliphatic heterocycles. The van der Waals surface area contributed by atoms with Gasteiger partial charge in [0.05, 0.1) is 21.6 Å². The van der Waals surface area contributed by atoms with Crippen LogP contribution in [0.5, 0.6) is 5.75 Å². The number of benzene rings is 2. The molecule has 0 radical (unpaired) electrons. The molecule has 0 spiro atoms. The molecule has 0 aliphatic rings. The number of hydrogen-bond donors (Lipinski definition) is 0. The molecule has 7 nitrogen and oxygen atoms in total.